The van der Waals surface area contributed by atoms with Gasteiger partial charge in [-0.3, -0.25) is 0 Å². The molecule has 2 aromatic carbocycles. The molecule has 0 atom stereocenters. The Morgan fingerprint density at radius 1 is 1.04 bits per heavy atom. The van der Waals surface area contributed by atoms with Gasteiger partial charge in [0.25, 0.3) is 0 Å². The fourth-order valence-corrected chi connectivity index (χ4v) is 3.21. The van der Waals surface area contributed by atoms with E-state index in [0.717, 1.165) is 29.0 Å². The van der Waals surface area contributed by atoms with Gasteiger partial charge >= 0.3 is 0 Å². The van der Waals surface area contributed by atoms with Gasteiger partial charge < -0.3 is 4.52 Å². The topological polar surface area (TPSA) is 26.0 Å². The van der Waals surface area contributed by atoms with Crippen molar-refractivity contribution >= 4 is 0 Å². The number of hydrogen-bond donors (Lipinski definition) is 0. The predicted molar refractivity (Wildman–Crippen MR) is 95.5 cm³/mol. The lowest BCUT2D eigenvalue weighted by atomic mass is 9.93. The minimum atomic E-state index is 0.732. The first kappa shape index (κ1) is 15.3. The summed E-state index contributed by atoms with van der Waals surface area (Å²) in [5.41, 5.74) is 7.95. The molecule has 0 radical (unpaired) electrons. The summed E-state index contributed by atoms with van der Waals surface area (Å²) in [6.45, 7) is 10.3. The van der Waals surface area contributed by atoms with Crippen LogP contribution in [0.3, 0.4) is 0 Å². The molecule has 0 N–H and O–H groups in total. The molecular formula is C21H21NO. The number of nitrogens with zero attached hydrogens (tertiary/aromatic N) is 1. The van der Waals surface area contributed by atoms with E-state index in [9.17, 15) is 0 Å². The quantitative estimate of drug-likeness (QED) is 0.581. The van der Waals surface area contributed by atoms with Crippen LogP contribution >= 0.6 is 0 Å². The lowest BCUT2D eigenvalue weighted by Gasteiger charge is -2.10. The smallest absolute Gasteiger partial charge is 0.170 e. The Morgan fingerprint density at radius 3 is 2.30 bits per heavy atom. The van der Waals surface area contributed by atoms with Crippen LogP contribution in [0.5, 0.6) is 0 Å². The highest BCUT2D eigenvalue weighted by atomic mass is 16.5. The van der Waals surface area contributed by atoms with Crippen molar-refractivity contribution in [3.63, 3.8) is 0 Å². The molecule has 3 rings (SSSR count). The zero-order valence-electron chi connectivity index (χ0n) is 13.9. The molecule has 0 fully saturated rings. The van der Waals surface area contributed by atoms with Crippen LogP contribution in [-0.2, 0) is 6.42 Å². The van der Waals surface area contributed by atoms with E-state index in [1.165, 1.54) is 22.3 Å². The van der Waals surface area contributed by atoms with Crippen LogP contribution in [0.15, 0.2) is 59.6 Å². The lowest BCUT2D eigenvalue weighted by Crippen LogP contribution is -1.94. The van der Waals surface area contributed by atoms with Crippen molar-refractivity contribution < 1.29 is 4.52 Å². The van der Waals surface area contributed by atoms with E-state index in [0.29, 0.717) is 0 Å². The van der Waals surface area contributed by atoms with Gasteiger partial charge in [0, 0.05) is 16.7 Å². The molecule has 3 aromatic rings. The molecule has 0 spiro atoms. The molecule has 1 heterocycles. The highest BCUT2D eigenvalue weighted by Crippen LogP contribution is 2.36. The molecule has 0 saturated carbocycles. The summed E-state index contributed by atoms with van der Waals surface area (Å²) in [5, 5.41) is 4.41. The molecule has 0 aliphatic carbocycles. The van der Waals surface area contributed by atoms with Crippen molar-refractivity contribution in [1.82, 2.24) is 5.16 Å². The largest absolute Gasteiger partial charge is 0.355 e. The third-order valence-corrected chi connectivity index (χ3v) is 4.09. The van der Waals surface area contributed by atoms with E-state index in [1.807, 2.05) is 36.4 Å². The van der Waals surface area contributed by atoms with E-state index >= 15 is 0 Å². The lowest BCUT2D eigenvalue weighted by molar-refractivity contribution is 0.434. The zero-order chi connectivity index (χ0) is 16.4. The Labute approximate surface area is 137 Å². The molecule has 0 amide bonds. The van der Waals surface area contributed by atoms with Crippen LogP contribution in [-0.4, -0.2) is 5.16 Å². The standard InChI is InChI=1S/C21H21NO/c1-5-9-18-20(19-15(3)12-14(2)13-16(19)4)22-23-21(18)17-10-7-6-8-11-17/h5-8,10-13H,1,9H2,2-4H3. The van der Waals surface area contributed by atoms with Gasteiger partial charge in [0.15, 0.2) is 5.76 Å². The van der Waals surface area contributed by atoms with E-state index in [-0.39, 0.29) is 0 Å². The highest BCUT2D eigenvalue weighted by molar-refractivity contribution is 5.76. The summed E-state index contributed by atoms with van der Waals surface area (Å²) in [7, 11) is 0. The van der Waals surface area contributed by atoms with Crippen molar-refractivity contribution in [3.05, 3.63) is 77.4 Å². The number of aryl methyl sites for hydroxylation is 3. The van der Waals surface area contributed by atoms with Gasteiger partial charge in [0.1, 0.15) is 5.69 Å². The van der Waals surface area contributed by atoms with Crippen LogP contribution in [0, 0.1) is 20.8 Å². The van der Waals surface area contributed by atoms with Gasteiger partial charge in [0.2, 0.25) is 0 Å². The second-order valence-electron chi connectivity index (χ2n) is 5.97. The first-order valence-corrected chi connectivity index (χ1v) is 7.85. The normalized spacial score (nSPS) is 10.7. The molecule has 116 valence electrons. The average Bonchev–Trinajstić information content (AvgIpc) is 2.91. The minimum absolute atomic E-state index is 0.732. The summed E-state index contributed by atoms with van der Waals surface area (Å²) in [4.78, 5) is 0. The molecule has 0 bridgehead atoms. The average molecular weight is 303 g/mol. The van der Waals surface area contributed by atoms with E-state index < -0.39 is 0 Å². The van der Waals surface area contributed by atoms with Crippen molar-refractivity contribution in [2.24, 2.45) is 0 Å². The summed E-state index contributed by atoms with van der Waals surface area (Å²) in [6, 6.07) is 14.5. The summed E-state index contributed by atoms with van der Waals surface area (Å²) in [6.07, 6.45) is 2.64. The van der Waals surface area contributed by atoms with Gasteiger partial charge in [-0.15, -0.1) is 6.58 Å². The second kappa shape index (κ2) is 6.25. The van der Waals surface area contributed by atoms with Crippen molar-refractivity contribution in [2.75, 3.05) is 0 Å². The van der Waals surface area contributed by atoms with Crippen LogP contribution in [0.2, 0.25) is 0 Å². The van der Waals surface area contributed by atoms with Gasteiger partial charge in [-0.05, 0) is 38.3 Å². The molecule has 23 heavy (non-hydrogen) atoms. The number of rotatable bonds is 4. The zero-order valence-corrected chi connectivity index (χ0v) is 13.9. The maximum atomic E-state index is 5.73. The molecule has 0 aliphatic rings. The van der Waals surface area contributed by atoms with Gasteiger partial charge in [0.05, 0.1) is 0 Å². The Kier molecular flexibility index (Phi) is 4.16. The monoisotopic (exact) mass is 303 g/mol. The molecule has 2 nitrogen and oxygen atoms in total. The Bertz CT molecular complexity index is 821. The molecule has 0 aliphatic heterocycles. The highest BCUT2D eigenvalue weighted by Gasteiger charge is 2.20. The van der Waals surface area contributed by atoms with Crippen molar-refractivity contribution in [3.8, 4) is 22.6 Å². The Balaban J connectivity index is 2.22. The number of allylic oxidation sites excluding steroid dienone is 1. The fraction of sp³-hybridized carbons (Fsp3) is 0.190. The summed E-state index contributed by atoms with van der Waals surface area (Å²) in [5.74, 6) is 0.833. The van der Waals surface area contributed by atoms with Crippen LogP contribution < -0.4 is 0 Å². The van der Waals surface area contributed by atoms with Crippen LogP contribution in [0.25, 0.3) is 22.6 Å². The number of benzene rings is 2. The Morgan fingerprint density at radius 2 is 1.70 bits per heavy atom. The number of hydrogen-bond acceptors (Lipinski definition) is 2. The summed E-state index contributed by atoms with van der Waals surface area (Å²) < 4.78 is 5.73. The molecule has 2 heteroatoms. The first-order valence-electron chi connectivity index (χ1n) is 7.85. The van der Waals surface area contributed by atoms with Gasteiger partial charge in [-0.25, -0.2) is 0 Å². The molecule has 0 unspecified atom stereocenters. The van der Waals surface area contributed by atoms with E-state index in [2.05, 4.69) is 44.6 Å². The Hall–Kier alpha value is -2.61. The van der Waals surface area contributed by atoms with E-state index in [4.69, 9.17) is 4.52 Å². The predicted octanol–water partition coefficient (Wildman–Crippen LogP) is 5.66. The second-order valence-corrected chi connectivity index (χ2v) is 5.97. The van der Waals surface area contributed by atoms with Gasteiger partial charge in [-0.1, -0.05) is 59.3 Å². The summed E-state index contributed by atoms with van der Waals surface area (Å²) >= 11 is 0. The van der Waals surface area contributed by atoms with Crippen molar-refractivity contribution in [1.29, 1.82) is 0 Å². The number of aromatic nitrogens is 1. The van der Waals surface area contributed by atoms with Gasteiger partial charge in [-0.2, -0.15) is 0 Å². The van der Waals surface area contributed by atoms with Crippen LogP contribution in [0.1, 0.15) is 22.3 Å². The van der Waals surface area contributed by atoms with Crippen molar-refractivity contribution in [2.45, 2.75) is 27.2 Å². The maximum Gasteiger partial charge on any atom is 0.170 e. The molecule has 1 aromatic heterocycles. The first-order chi connectivity index (χ1) is 11.1. The molecular weight excluding hydrogens is 282 g/mol. The maximum absolute atomic E-state index is 5.73. The molecule has 0 saturated heterocycles. The van der Waals surface area contributed by atoms with Crippen LogP contribution in [0.4, 0.5) is 0 Å². The fourth-order valence-electron chi connectivity index (χ4n) is 3.21. The SMILES string of the molecule is C=CCc1c(-c2c(C)cc(C)cc2C)noc1-c1ccccc1. The third kappa shape index (κ3) is 2.85. The minimum Gasteiger partial charge on any atom is -0.355 e. The third-order valence-electron chi connectivity index (χ3n) is 4.09. The van der Waals surface area contributed by atoms with E-state index in [1.54, 1.807) is 0 Å².